The minimum Gasteiger partial charge on any atom is -0.379 e. The molecule has 2 aromatic rings. The number of hydrogen-bond acceptors (Lipinski definition) is 2. The molecule has 0 saturated carbocycles. The van der Waals surface area contributed by atoms with Crippen LogP contribution in [-0.4, -0.2) is 18.6 Å². The largest absolute Gasteiger partial charge is 0.379 e. The average molecular weight is 385 g/mol. The summed E-state index contributed by atoms with van der Waals surface area (Å²) < 4.78 is 13.5. The second-order valence-electron chi connectivity index (χ2n) is 8.51. The molecule has 1 atom stereocenters. The lowest BCUT2D eigenvalue weighted by Crippen LogP contribution is -2.34. The third-order valence-corrected chi connectivity index (χ3v) is 5.39. The van der Waals surface area contributed by atoms with Crippen LogP contribution in [0, 0.1) is 11.2 Å². The van der Waals surface area contributed by atoms with Gasteiger partial charge in [-0.2, -0.15) is 0 Å². The highest BCUT2D eigenvalue weighted by Crippen LogP contribution is 2.26. The van der Waals surface area contributed by atoms with Crippen LogP contribution in [0.4, 0.5) is 10.1 Å². The van der Waals surface area contributed by atoms with Crippen LogP contribution in [0.1, 0.15) is 58.6 Å². The Balaban J connectivity index is 0.000000216. The van der Waals surface area contributed by atoms with Crippen LogP contribution in [0.2, 0.25) is 0 Å². The minimum atomic E-state index is -0.177. The van der Waals surface area contributed by atoms with Gasteiger partial charge in [-0.3, -0.25) is 0 Å². The summed E-state index contributed by atoms with van der Waals surface area (Å²) in [7, 11) is 0. The fraction of sp³-hybridized carbons (Fsp3) is 0.520. The number of fused-ring (bicyclic) bond motifs is 1. The van der Waals surface area contributed by atoms with E-state index in [1.54, 1.807) is 12.1 Å². The number of nitrogens with one attached hydrogen (secondary N) is 2. The summed E-state index contributed by atoms with van der Waals surface area (Å²) in [6.07, 6.45) is 4.68. The van der Waals surface area contributed by atoms with Crippen molar-refractivity contribution in [3.05, 3.63) is 65.5 Å². The summed E-state index contributed by atoms with van der Waals surface area (Å²) in [6.45, 7) is 12.1. The first-order chi connectivity index (χ1) is 13.4. The van der Waals surface area contributed by atoms with Gasteiger partial charge in [-0.1, -0.05) is 71.0 Å². The fourth-order valence-corrected chi connectivity index (χ4v) is 3.88. The molecule has 28 heavy (non-hydrogen) atoms. The SMILES string of the molecule is CC.CC(C)(C)C1CCCN1.Fc1ccccc1NC1Cc2ccccc2C1. The van der Waals surface area contributed by atoms with Crippen LogP contribution in [0.25, 0.3) is 0 Å². The van der Waals surface area contributed by atoms with Crippen molar-refractivity contribution >= 4 is 5.69 Å². The fourth-order valence-electron chi connectivity index (χ4n) is 3.88. The van der Waals surface area contributed by atoms with E-state index in [-0.39, 0.29) is 5.82 Å². The van der Waals surface area contributed by atoms with Gasteiger partial charge in [0.05, 0.1) is 5.69 Å². The van der Waals surface area contributed by atoms with E-state index in [9.17, 15) is 4.39 Å². The average Bonchev–Trinajstić information content (AvgIpc) is 3.35. The van der Waals surface area contributed by atoms with Crippen molar-refractivity contribution in [2.75, 3.05) is 11.9 Å². The summed E-state index contributed by atoms with van der Waals surface area (Å²) in [6, 6.07) is 16.3. The van der Waals surface area contributed by atoms with Gasteiger partial charge in [-0.25, -0.2) is 4.39 Å². The zero-order valence-corrected chi connectivity index (χ0v) is 18.2. The molecule has 1 aliphatic carbocycles. The number of anilines is 1. The molecule has 1 saturated heterocycles. The van der Waals surface area contributed by atoms with Gasteiger partial charge in [-0.15, -0.1) is 0 Å². The van der Waals surface area contributed by atoms with Gasteiger partial charge in [0.25, 0.3) is 0 Å². The van der Waals surface area contributed by atoms with E-state index in [0.29, 0.717) is 17.1 Å². The maximum Gasteiger partial charge on any atom is 0.146 e. The molecule has 1 fully saturated rings. The van der Waals surface area contributed by atoms with Gasteiger partial charge >= 0.3 is 0 Å². The Morgan fingerprint density at radius 3 is 1.96 bits per heavy atom. The second-order valence-corrected chi connectivity index (χ2v) is 8.51. The molecule has 0 spiro atoms. The van der Waals surface area contributed by atoms with Crippen molar-refractivity contribution in [1.29, 1.82) is 0 Å². The molecule has 0 amide bonds. The highest BCUT2D eigenvalue weighted by Gasteiger charge is 2.26. The van der Waals surface area contributed by atoms with Crippen LogP contribution in [0.3, 0.4) is 0 Å². The maximum atomic E-state index is 13.5. The molecule has 1 heterocycles. The van der Waals surface area contributed by atoms with E-state index >= 15 is 0 Å². The van der Waals surface area contributed by atoms with Crippen molar-refractivity contribution in [3.8, 4) is 0 Å². The van der Waals surface area contributed by atoms with Gasteiger partial charge in [0.15, 0.2) is 0 Å². The highest BCUT2D eigenvalue weighted by atomic mass is 19.1. The summed E-state index contributed by atoms with van der Waals surface area (Å²) in [5.74, 6) is -0.177. The van der Waals surface area contributed by atoms with Crippen LogP contribution in [-0.2, 0) is 12.8 Å². The van der Waals surface area contributed by atoms with Crippen molar-refractivity contribution in [1.82, 2.24) is 5.32 Å². The molecule has 2 aromatic carbocycles. The predicted octanol–water partition coefficient (Wildman–Crippen LogP) is 6.22. The molecule has 154 valence electrons. The van der Waals surface area contributed by atoms with E-state index in [1.807, 2.05) is 19.9 Å². The summed E-state index contributed by atoms with van der Waals surface area (Å²) in [5, 5.41) is 6.78. The lowest BCUT2D eigenvalue weighted by molar-refractivity contribution is 0.295. The van der Waals surface area contributed by atoms with Crippen LogP contribution in [0.15, 0.2) is 48.5 Å². The van der Waals surface area contributed by atoms with Gasteiger partial charge in [0.2, 0.25) is 0 Å². The first-order valence-corrected chi connectivity index (χ1v) is 10.7. The number of halogens is 1. The van der Waals surface area contributed by atoms with E-state index in [4.69, 9.17) is 0 Å². The van der Waals surface area contributed by atoms with Crippen molar-refractivity contribution < 1.29 is 4.39 Å². The zero-order valence-electron chi connectivity index (χ0n) is 18.2. The quantitative estimate of drug-likeness (QED) is 0.642. The molecule has 0 aromatic heterocycles. The van der Waals surface area contributed by atoms with Crippen molar-refractivity contribution in [2.45, 2.75) is 72.4 Å². The Labute approximate surface area is 170 Å². The molecule has 2 aliphatic rings. The van der Waals surface area contributed by atoms with E-state index in [2.05, 4.69) is 55.7 Å². The summed E-state index contributed by atoms with van der Waals surface area (Å²) in [4.78, 5) is 0. The summed E-state index contributed by atoms with van der Waals surface area (Å²) >= 11 is 0. The van der Waals surface area contributed by atoms with Gasteiger partial charge in [0, 0.05) is 12.1 Å². The van der Waals surface area contributed by atoms with E-state index < -0.39 is 0 Å². The Hall–Kier alpha value is -1.87. The number of rotatable bonds is 2. The third-order valence-electron chi connectivity index (χ3n) is 5.39. The van der Waals surface area contributed by atoms with Gasteiger partial charge in [-0.05, 0) is 60.9 Å². The molecule has 0 radical (unpaired) electrons. The Kier molecular flexibility index (Phi) is 8.50. The van der Waals surface area contributed by atoms with Crippen molar-refractivity contribution in [3.63, 3.8) is 0 Å². The van der Waals surface area contributed by atoms with Gasteiger partial charge in [0.1, 0.15) is 5.82 Å². The number of para-hydroxylation sites is 1. The highest BCUT2D eigenvalue weighted by molar-refractivity contribution is 5.47. The molecule has 0 bridgehead atoms. The molecule has 2 nitrogen and oxygen atoms in total. The zero-order chi connectivity index (χ0) is 20.6. The molecule has 1 unspecified atom stereocenters. The van der Waals surface area contributed by atoms with Crippen molar-refractivity contribution in [2.24, 2.45) is 5.41 Å². The topological polar surface area (TPSA) is 24.1 Å². The Bertz CT molecular complexity index is 689. The molecular weight excluding hydrogens is 347 g/mol. The van der Waals surface area contributed by atoms with E-state index in [0.717, 1.165) is 18.9 Å². The lowest BCUT2D eigenvalue weighted by Gasteiger charge is -2.26. The predicted molar refractivity (Wildman–Crippen MR) is 119 cm³/mol. The third kappa shape index (κ3) is 6.34. The smallest absolute Gasteiger partial charge is 0.146 e. The normalized spacial score (nSPS) is 18.4. The molecule has 4 rings (SSSR count). The van der Waals surface area contributed by atoms with Crippen LogP contribution >= 0.6 is 0 Å². The van der Waals surface area contributed by atoms with E-state index in [1.165, 1.54) is 36.6 Å². The minimum absolute atomic E-state index is 0.177. The monoisotopic (exact) mass is 384 g/mol. The second kappa shape index (κ2) is 10.6. The number of benzene rings is 2. The van der Waals surface area contributed by atoms with Crippen LogP contribution in [0.5, 0.6) is 0 Å². The summed E-state index contributed by atoms with van der Waals surface area (Å²) in [5.41, 5.74) is 3.82. The maximum absolute atomic E-state index is 13.5. The Morgan fingerprint density at radius 1 is 0.929 bits per heavy atom. The molecular formula is C25H37FN2. The van der Waals surface area contributed by atoms with Gasteiger partial charge < -0.3 is 10.6 Å². The Morgan fingerprint density at radius 2 is 1.50 bits per heavy atom. The molecule has 2 N–H and O–H groups in total. The molecule has 1 aliphatic heterocycles. The molecule has 3 heteroatoms. The first-order valence-electron chi connectivity index (χ1n) is 10.7. The first kappa shape index (κ1) is 22.4. The number of hydrogen-bond donors (Lipinski definition) is 2. The van der Waals surface area contributed by atoms with Crippen LogP contribution < -0.4 is 10.6 Å². The lowest BCUT2D eigenvalue weighted by atomic mass is 9.86. The standard InChI is InChI=1S/C15H14FN.C8H17N.C2H6/c16-14-7-3-4-8-15(14)17-13-9-11-5-1-2-6-12(11)10-13;1-8(2,3)7-5-4-6-9-7;1-2/h1-8,13,17H,9-10H2;7,9H,4-6H2,1-3H3;1-2H3.